The number of fused-ring (bicyclic) bond motifs is 1. The highest BCUT2D eigenvalue weighted by atomic mass is 32.1. The van der Waals surface area contributed by atoms with E-state index in [1.54, 1.807) is 6.92 Å². The van der Waals surface area contributed by atoms with Gasteiger partial charge in [-0.15, -0.1) is 11.3 Å². The van der Waals surface area contributed by atoms with Crippen LogP contribution in [-0.2, 0) is 0 Å². The molecule has 1 aromatic heterocycles. The van der Waals surface area contributed by atoms with Gasteiger partial charge in [-0.1, -0.05) is 36.4 Å². The Bertz CT molecular complexity index is 688. The molecular weight excluding hydrogens is 242 g/mol. The summed E-state index contributed by atoms with van der Waals surface area (Å²) in [5, 5.41) is 14.7. The van der Waals surface area contributed by atoms with Gasteiger partial charge in [-0.05, 0) is 23.8 Å². The first-order chi connectivity index (χ1) is 8.74. The molecule has 18 heavy (non-hydrogen) atoms. The summed E-state index contributed by atoms with van der Waals surface area (Å²) >= 11 is 1.50. The lowest BCUT2D eigenvalue weighted by Crippen LogP contribution is -1.89. The quantitative estimate of drug-likeness (QED) is 0.750. The van der Waals surface area contributed by atoms with Gasteiger partial charge in [0.1, 0.15) is 11.1 Å². The fourth-order valence-corrected chi connectivity index (χ4v) is 2.73. The molecule has 1 N–H and O–H groups in total. The lowest BCUT2D eigenvalue weighted by atomic mass is 10.1. The van der Waals surface area contributed by atoms with Gasteiger partial charge in [0.2, 0.25) is 0 Å². The number of benzene rings is 2. The van der Waals surface area contributed by atoms with Crippen LogP contribution in [0.2, 0.25) is 0 Å². The Morgan fingerprint density at radius 2 is 1.89 bits per heavy atom. The van der Waals surface area contributed by atoms with E-state index in [1.165, 1.54) is 22.1 Å². The van der Waals surface area contributed by atoms with Crippen LogP contribution in [0.15, 0.2) is 47.8 Å². The average molecular weight is 255 g/mol. The van der Waals surface area contributed by atoms with Crippen LogP contribution in [0.5, 0.6) is 0 Å². The monoisotopic (exact) mass is 255 g/mol. The van der Waals surface area contributed by atoms with Crippen LogP contribution in [0.25, 0.3) is 22.0 Å². The van der Waals surface area contributed by atoms with Gasteiger partial charge in [-0.3, -0.25) is 0 Å². The van der Waals surface area contributed by atoms with Crippen molar-refractivity contribution < 1.29 is 5.11 Å². The molecule has 0 fully saturated rings. The standard InChI is InChI=1S/C15H13NOS/c1-10(17)15-16-14(9-18-15)13-7-6-11-4-2-3-5-12(11)8-13/h2-10,17H,1H3. The molecule has 90 valence electrons. The van der Waals surface area contributed by atoms with E-state index < -0.39 is 6.10 Å². The minimum Gasteiger partial charge on any atom is -0.386 e. The maximum atomic E-state index is 9.50. The highest BCUT2D eigenvalue weighted by molar-refractivity contribution is 7.10. The van der Waals surface area contributed by atoms with E-state index in [0.29, 0.717) is 0 Å². The predicted octanol–water partition coefficient (Wildman–Crippen LogP) is 4.02. The number of hydrogen-bond acceptors (Lipinski definition) is 3. The fourth-order valence-electron chi connectivity index (χ4n) is 1.96. The molecule has 2 nitrogen and oxygen atoms in total. The predicted molar refractivity (Wildman–Crippen MR) is 75.7 cm³/mol. The summed E-state index contributed by atoms with van der Waals surface area (Å²) in [5.41, 5.74) is 2.03. The normalized spacial score (nSPS) is 12.8. The molecule has 3 rings (SSSR count). The number of aliphatic hydroxyl groups is 1. The molecule has 0 bridgehead atoms. The van der Waals surface area contributed by atoms with Gasteiger partial charge in [0, 0.05) is 10.9 Å². The van der Waals surface area contributed by atoms with E-state index in [-0.39, 0.29) is 0 Å². The van der Waals surface area contributed by atoms with Gasteiger partial charge in [0.05, 0.1) is 5.69 Å². The third kappa shape index (κ3) is 2.03. The van der Waals surface area contributed by atoms with E-state index in [0.717, 1.165) is 16.3 Å². The SMILES string of the molecule is CC(O)c1nc(-c2ccc3ccccc3c2)cs1. The van der Waals surface area contributed by atoms with Crippen molar-refractivity contribution in [2.24, 2.45) is 0 Å². The second-order valence-electron chi connectivity index (χ2n) is 4.31. The Morgan fingerprint density at radius 3 is 2.61 bits per heavy atom. The molecule has 0 saturated carbocycles. The summed E-state index contributed by atoms with van der Waals surface area (Å²) in [6, 6.07) is 14.6. The van der Waals surface area contributed by atoms with Crippen molar-refractivity contribution in [2.45, 2.75) is 13.0 Å². The smallest absolute Gasteiger partial charge is 0.122 e. The van der Waals surface area contributed by atoms with Crippen LogP contribution in [0.3, 0.4) is 0 Å². The summed E-state index contributed by atoms with van der Waals surface area (Å²) in [4.78, 5) is 4.46. The highest BCUT2D eigenvalue weighted by Crippen LogP contribution is 2.27. The van der Waals surface area contributed by atoms with Crippen LogP contribution >= 0.6 is 11.3 Å². The van der Waals surface area contributed by atoms with Crippen molar-refractivity contribution >= 4 is 22.1 Å². The Kier molecular flexibility index (Phi) is 2.86. The zero-order chi connectivity index (χ0) is 12.5. The van der Waals surface area contributed by atoms with E-state index in [9.17, 15) is 5.11 Å². The third-order valence-electron chi connectivity index (χ3n) is 2.92. The molecule has 0 amide bonds. The maximum Gasteiger partial charge on any atom is 0.122 e. The minimum atomic E-state index is -0.496. The molecule has 0 aliphatic carbocycles. The zero-order valence-electron chi connectivity index (χ0n) is 10.00. The summed E-state index contributed by atoms with van der Waals surface area (Å²) in [5.74, 6) is 0. The third-order valence-corrected chi connectivity index (χ3v) is 3.94. The lowest BCUT2D eigenvalue weighted by Gasteiger charge is -2.01. The molecule has 0 saturated heterocycles. The molecule has 0 spiro atoms. The average Bonchev–Trinajstić information content (AvgIpc) is 2.88. The Morgan fingerprint density at radius 1 is 1.11 bits per heavy atom. The van der Waals surface area contributed by atoms with Crippen molar-refractivity contribution in [2.75, 3.05) is 0 Å². The lowest BCUT2D eigenvalue weighted by molar-refractivity contribution is 0.199. The van der Waals surface area contributed by atoms with Crippen molar-refractivity contribution in [3.8, 4) is 11.3 Å². The van der Waals surface area contributed by atoms with Crippen molar-refractivity contribution in [3.63, 3.8) is 0 Å². The van der Waals surface area contributed by atoms with Crippen molar-refractivity contribution in [1.82, 2.24) is 4.98 Å². The van der Waals surface area contributed by atoms with Gasteiger partial charge < -0.3 is 5.11 Å². The summed E-state index contributed by atoms with van der Waals surface area (Å²) in [6.45, 7) is 1.74. The Labute approximate surface area is 110 Å². The molecule has 2 aromatic carbocycles. The first-order valence-electron chi connectivity index (χ1n) is 5.87. The molecule has 1 atom stereocenters. The topological polar surface area (TPSA) is 33.1 Å². The highest BCUT2D eigenvalue weighted by Gasteiger charge is 2.08. The fraction of sp³-hybridized carbons (Fsp3) is 0.133. The number of rotatable bonds is 2. The maximum absolute atomic E-state index is 9.50. The minimum absolute atomic E-state index is 0.496. The van der Waals surface area contributed by atoms with Gasteiger partial charge in [-0.2, -0.15) is 0 Å². The van der Waals surface area contributed by atoms with Crippen LogP contribution in [-0.4, -0.2) is 10.1 Å². The first-order valence-corrected chi connectivity index (χ1v) is 6.74. The van der Waals surface area contributed by atoms with Gasteiger partial charge in [0.15, 0.2) is 0 Å². The Hall–Kier alpha value is -1.71. The number of aliphatic hydroxyl groups excluding tert-OH is 1. The molecule has 1 unspecified atom stereocenters. The Balaban J connectivity index is 2.07. The molecule has 0 radical (unpaired) electrons. The van der Waals surface area contributed by atoms with E-state index in [4.69, 9.17) is 0 Å². The number of nitrogens with zero attached hydrogens (tertiary/aromatic N) is 1. The number of thiazole rings is 1. The van der Waals surface area contributed by atoms with Crippen molar-refractivity contribution in [1.29, 1.82) is 0 Å². The molecule has 0 aliphatic rings. The van der Waals surface area contributed by atoms with Crippen molar-refractivity contribution in [3.05, 3.63) is 52.9 Å². The molecular formula is C15H13NOS. The number of aromatic nitrogens is 1. The van der Waals surface area contributed by atoms with E-state index >= 15 is 0 Å². The van der Waals surface area contributed by atoms with E-state index in [2.05, 4.69) is 35.3 Å². The molecule has 3 heteroatoms. The van der Waals surface area contributed by atoms with Crippen LogP contribution in [0.4, 0.5) is 0 Å². The van der Waals surface area contributed by atoms with Crippen LogP contribution < -0.4 is 0 Å². The first kappa shape index (κ1) is 11.4. The largest absolute Gasteiger partial charge is 0.386 e. The summed E-state index contributed by atoms with van der Waals surface area (Å²) in [6.07, 6.45) is -0.496. The molecule has 1 heterocycles. The van der Waals surface area contributed by atoms with E-state index in [1.807, 2.05) is 17.5 Å². The van der Waals surface area contributed by atoms with Gasteiger partial charge >= 0.3 is 0 Å². The number of hydrogen-bond donors (Lipinski definition) is 1. The molecule has 0 aliphatic heterocycles. The second-order valence-corrected chi connectivity index (χ2v) is 5.20. The second kappa shape index (κ2) is 4.52. The summed E-state index contributed by atoms with van der Waals surface area (Å²) in [7, 11) is 0. The van der Waals surface area contributed by atoms with Crippen LogP contribution in [0.1, 0.15) is 18.0 Å². The van der Waals surface area contributed by atoms with Gasteiger partial charge in [0.25, 0.3) is 0 Å². The zero-order valence-corrected chi connectivity index (χ0v) is 10.8. The van der Waals surface area contributed by atoms with Crippen LogP contribution in [0, 0.1) is 0 Å². The van der Waals surface area contributed by atoms with Gasteiger partial charge in [-0.25, -0.2) is 4.98 Å². The molecule has 3 aromatic rings. The summed E-state index contributed by atoms with van der Waals surface area (Å²) < 4.78 is 0.